The van der Waals surface area contributed by atoms with Crippen molar-refractivity contribution in [3.05, 3.63) is 126 Å². The Morgan fingerprint density at radius 1 is 1.29 bits per heavy atom. The van der Waals surface area contributed by atoms with Gasteiger partial charge in [0.1, 0.15) is 5.69 Å². The Kier molecular flexibility index (Phi) is 5.24. The number of nitrogens with zero attached hydrogens (tertiary/aromatic N) is 2. The van der Waals surface area contributed by atoms with Gasteiger partial charge in [-0.05, 0) is 53.1 Å². The van der Waals surface area contributed by atoms with Crippen LogP contribution in [0.2, 0.25) is 0 Å². The molecule has 0 fully saturated rings. The molecule has 2 bridgehead atoms. The van der Waals surface area contributed by atoms with E-state index in [1.165, 1.54) is 0 Å². The van der Waals surface area contributed by atoms with Gasteiger partial charge in [-0.2, -0.15) is 0 Å². The van der Waals surface area contributed by atoms with Gasteiger partial charge in [0.15, 0.2) is 5.60 Å². The molecular weight excluding hydrogens is 384 g/mol. The van der Waals surface area contributed by atoms with E-state index < -0.39 is 5.60 Å². The number of aromatic nitrogens is 1. The highest BCUT2D eigenvalue weighted by Crippen LogP contribution is 2.54. The normalized spacial score (nSPS) is 25.9. The standard InChI is InChI=1S/C27H26N2O2/c1-6-9-21-18(3)11-12-19-16-20(13-15-29(4)5)23(7-2)27(24(21)17-19)25-22(26(30)31-27)10-8-14-28-25/h6-15,17,24H,1-3,16H2,4-5H3/b15-13+,21-9?. The third-order valence-corrected chi connectivity index (χ3v) is 5.87. The summed E-state index contributed by atoms with van der Waals surface area (Å²) in [6.45, 7) is 12.3. The fourth-order valence-corrected chi connectivity index (χ4v) is 4.56. The van der Waals surface area contributed by atoms with E-state index in [9.17, 15) is 4.79 Å². The Bertz CT molecular complexity index is 1140. The fourth-order valence-electron chi connectivity index (χ4n) is 4.56. The van der Waals surface area contributed by atoms with Crippen LogP contribution in [0.3, 0.4) is 0 Å². The summed E-state index contributed by atoms with van der Waals surface area (Å²) in [5, 5.41) is 0. The number of fused-ring (bicyclic) bond motifs is 4. The average molecular weight is 411 g/mol. The number of carbonyl (C=O) groups excluding carboxylic acids is 1. The van der Waals surface area contributed by atoms with Gasteiger partial charge in [0, 0.05) is 25.9 Å². The molecule has 1 aliphatic heterocycles. The van der Waals surface area contributed by atoms with Gasteiger partial charge in [0.2, 0.25) is 0 Å². The molecule has 3 aliphatic rings. The van der Waals surface area contributed by atoms with Crippen LogP contribution in [0.5, 0.6) is 0 Å². The van der Waals surface area contributed by atoms with Crippen molar-refractivity contribution in [2.45, 2.75) is 12.0 Å². The lowest BCUT2D eigenvalue weighted by Gasteiger charge is -2.37. The number of hydrogen-bond donors (Lipinski definition) is 0. The van der Waals surface area contributed by atoms with Crippen LogP contribution in [-0.4, -0.2) is 29.9 Å². The van der Waals surface area contributed by atoms with E-state index in [1.807, 2.05) is 37.3 Å². The summed E-state index contributed by atoms with van der Waals surface area (Å²) in [5.41, 5.74) is 4.73. The molecule has 0 saturated carbocycles. The summed E-state index contributed by atoms with van der Waals surface area (Å²) in [7, 11) is 3.95. The zero-order valence-electron chi connectivity index (χ0n) is 18.0. The number of pyridine rings is 1. The van der Waals surface area contributed by atoms with Gasteiger partial charge in [-0.15, -0.1) is 0 Å². The maximum atomic E-state index is 13.0. The Morgan fingerprint density at radius 2 is 2.10 bits per heavy atom. The van der Waals surface area contributed by atoms with Crippen molar-refractivity contribution in [1.82, 2.24) is 9.88 Å². The predicted molar refractivity (Wildman–Crippen MR) is 124 cm³/mol. The van der Waals surface area contributed by atoms with Crippen molar-refractivity contribution in [3.8, 4) is 0 Å². The molecule has 1 aromatic heterocycles. The van der Waals surface area contributed by atoms with Gasteiger partial charge in [-0.1, -0.05) is 56.2 Å². The average Bonchev–Trinajstić information content (AvgIpc) is 2.87. The lowest BCUT2D eigenvalue weighted by Crippen LogP contribution is -2.38. The topological polar surface area (TPSA) is 42.4 Å². The summed E-state index contributed by atoms with van der Waals surface area (Å²) in [5.74, 6) is -0.697. The van der Waals surface area contributed by atoms with Crippen LogP contribution in [0.25, 0.3) is 0 Å². The quantitative estimate of drug-likeness (QED) is 0.641. The molecule has 2 aliphatic carbocycles. The van der Waals surface area contributed by atoms with Gasteiger partial charge >= 0.3 is 5.97 Å². The van der Waals surface area contributed by atoms with E-state index >= 15 is 0 Å². The highest BCUT2D eigenvalue weighted by molar-refractivity contribution is 5.95. The van der Waals surface area contributed by atoms with Gasteiger partial charge in [-0.25, -0.2) is 4.79 Å². The van der Waals surface area contributed by atoms with Gasteiger partial charge in [0.25, 0.3) is 0 Å². The number of hydrogen-bond acceptors (Lipinski definition) is 4. The second-order valence-electron chi connectivity index (χ2n) is 8.06. The molecule has 2 heterocycles. The molecule has 0 saturated heterocycles. The lowest BCUT2D eigenvalue weighted by molar-refractivity contribution is -0.00321. The molecule has 0 amide bonds. The van der Waals surface area contributed by atoms with E-state index in [0.29, 0.717) is 17.7 Å². The molecule has 2 atom stereocenters. The Hall–Kier alpha value is -3.66. The first-order valence-electron chi connectivity index (χ1n) is 10.2. The van der Waals surface area contributed by atoms with E-state index in [-0.39, 0.29) is 11.9 Å². The minimum absolute atomic E-state index is 0.318. The third-order valence-electron chi connectivity index (χ3n) is 5.87. The van der Waals surface area contributed by atoms with Crippen molar-refractivity contribution in [2.24, 2.45) is 5.92 Å². The summed E-state index contributed by atoms with van der Waals surface area (Å²) in [6, 6.07) is 3.53. The zero-order valence-corrected chi connectivity index (χ0v) is 18.0. The minimum Gasteiger partial charge on any atom is -0.443 e. The molecule has 1 aromatic rings. The van der Waals surface area contributed by atoms with Crippen molar-refractivity contribution in [2.75, 3.05) is 14.1 Å². The van der Waals surface area contributed by atoms with Gasteiger partial charge in [0.05, 0.1) is 11.5 Å². The number of carbonyl (C=O) groups is 1. The molecule has 0 radical (unpaired) electrons. The van der Waals surface area contributed by atoms with E-state index in [2.05, 4.69) is 42.9 Å². The SMILES string of the molecule is C=CC=C1C(=C)C=CC2=CC1C1(OC(=O)c3cccnc31)C(C=C)=C(/C=C/N(C)C)C2. The summed E-state index contributed by atoms with van der Waals surface area (Å²) < 4.78 is 6.28. The smallest absolute Gasteiger partial charge is 0.341 e. The molecule has 0 N–H and O–H groups in total. The first-order valence-corrected chi connectivity index (χ1v) is 10.2. The second-order valence-corrected chi connectivity index (χ2v) is 8.06. The van der Waals surface area contributed by atoms with Crippen LogP contribution < -0.4 is 0 Å². The maximum absolute atomic E-state index is 13.0. The molecule has 0 aromatic carbocycles. The van der Waals surface area contributed by atoms with Gasteiger partial charge < -0.3 is 9.64 Å². The zero-order chi connectivity index (χ0) is 22.2. The van der Waals surface area contributed by atoms with Crippen LogP contribution >= 0.6 is 0 Å². The summed E-state index contributed by atoms with van der Waals surface area (Å²) in [6.07, 6.45) is 18.2. The maximum Gasteiger partial charge on any atom is 0.341 e. The van der Waals surface area contributed by atoms with Crippen LogP contribution in [0.1, 0.15) is 22.5 Å². The van der Waals surface area contributed by atoms with Crippen molar-refractivity contribution >= 4 is 5.97 Å². The van der Waals surface area contributed by atoms with E-state index in [0.717, 1.165) is 27.9 Å². The van der Waals surface area contributed by atoms with Crippen LogP contribution in [0, 0.1) is 5.92 Å². The molecule has 1 spiro atoms. The van der Waals surface area contributed by atoms with E-state index in [4.69, 9.17) is 4.74 Å². The van der Waals surface area contributed by atoms with Crippen molar-refractivity contribution in [1.29, 1.82) is 0 Å². The number of esters is 1. The molecule has 156 valence electrons. The van der Waals surface area contributed by atoms with Crippen molar-refractivity contribution < 1.29 is 9.53 Å². The Morgan fingerprint density at radius 3 is 2.81 bits per heavy atom. The van der Waals surface area contributed by atoms with Crippen molar-refractivity contribution in [3.63, 3.8) is 0 Å². The largest absolute Gasteiger partial charge is 0.443 e. The fraction of sp³-hybridized carbons (Fsp3) is 0.185. The Balaban J connectivity index is 2.11. The van der Waals surface area contributed by atoms with Crippen LogP contribution in [0.4, 0.5) is 0 Å². The highest BCUT2D eigenvalue weighted by atomic mass is 16.6. The second kappa shape index (κ2) is 7.88. The summed E-state index contributed by atoms with van der Waals surface area (Å²) in [4.78, 5) is 19.7. The Labute approximate surface area is 183 Å². The molecule has 31 heavy (non-hydrogen) atoms. The summed E-state index contributed by atoms with van der Waals surface area (Å²) >= 11 is 0. The number of ether oxygens (including phenoxy) is 1. The monoisotopic (exact) mass is 410 g/mol. The molecule has 4 rings (SSSR count). The van der Waals surface area contributed by atoms with Crippen LogP contribution in [-0.2, 0) is 10.3 Å². The van der Waals surface area contributed by atoms with Gasteiger partial charge in [-0.3, -0.25) is 4.98 Å². The molecule has 2 unspecified atom stereocenters. The number of rotatable bonds is 4. The molecule has 4 heteroatoms. The lowest BCUT2D eigenvalue weighted by atomic mass is 9.72. The molecule has 4 nitrogen and oxygen atoms in total. The predicted octanol–water partition coefficient (Wildman–Crippen LogP) is 5.19. The highest BCUT2D eigenvalue weighted by Gasteiger charge is 2.56. The number of allylic oxidation sites excluding steroid dienone is 8. The first-order chi connectivity index (χ1) is 14.9. The van der Waals surface area contributed by atoms with Crippen LogP contribution in [0.15, 0.2) is 115 Å². The van der Waals surface area contributed by atoms with E-state index in [1.54, 1.807) is 30.5 Å². The first kappa shape index (κ1) is 20.6. The third kappa shape index (κ3) is 3.25. The minimum atomic E-state index is -1.13. The molecular formula is C27H26N2O2.